The fraction of sp³-hybridized carbons (Fsp3) is 0.312. The normalized spacial score (nSPS) is 10.8. The third-order valence-corrected chi connectivity index (χ3v) is 4.82. The van der Waals surface area contributed by atoms with E-state index in [9.17, 15) is 0 Å². The molecule has 0 amide bonds. The van der Waals surface area contributed by atoms with Gasteiger partial charge in [-0.05, 0) is 46.5 Å². The number of aromatic nitrogens is 1. The predicted molar refractivity (Wildman–Crippen MR) is 92.7 cm³/mol. The van der Waals surface area contributed by atoms with Gasteiger partial charge in [-0.15, -0.1) is 0 Å². The Kier molecular flexibility index (Phi) is 6.92. The van der Waals surface area contributed by atoms with E-state index < -0.39 is 0 Å². The van der Waals surface area contributed by atoms with Gasteiger partial charge < -0.3 is 10.1 Å². The Bertz CT molecular complexity index is 518. The first-order valence-corrected chi connectivity index (χ1v) is 9.19. The molecule has 5 heteroatoms. The molecular weight excluding hydrogens is 300 g/mol. The number of pyridine rings is 1. The molecule has 2 aromatic rings. The summed E-state index contributed by atoms with van der Waals surface area (Å²) < 4.78 is 5.54. The van der Waals surface area contributed by atoms with Crippen LogP contribution in [0.15, 0.2) is 53.7 Å². The number of nitrogens with one attached hydrogen (secondary N) is 1. The molecule has 1 heterocycles. The molecular formula is C16H20N2OS2. The van der Waals surface area contributed by atoms with Gasteiger partial charge >= 0.3 is 0 Å². The van der Waals surface area contributed by atoms with Crippen LogP contribution in [0.25, 0.3) is 0 Å². The summed E-state index contributed by atoms with van der Waals surface area (Å²) in [4.78, 5) is 4.24. The fourth-order valence-electron chi connectivity index (χ4n) is 1.68. The van der Waals surface area contributed by atoms with Crippen LogP contribution in [0.1, 0.15) is 25.3 Å². The summed E-state index contributed by atoms with van der Waals surface area (Å²) in [5.41, 5.74) is 2.44. The number of anilines is 1. The lowest BCUT2D eigenvalue weighted by atomic mass is 10.0. The summed E-state index contributed by atoms with van der Waals surface area (Å²) in [7, 11) is 3.26. The molecule has 0 fully saturated rings. The molecule has 0 aliphatic heterocycles. The monoisotopic (exact) mass is 320 g/mol. The molecule has 112 valence electrons. The fourth-order valence-corrected chi connectivity index (χ4v) is 3.24. The molecule has 2 rings (SSSR count). The topological polar surface area (TPSA) is 34.1 Å². The number of ether oxygens (including phenoxy) is 1. The second kappa shape index (κ2) is 8.97. The van der Waals surface area contributed by atoms with Gasteiger partial charge in [0.1, 0.15) is 17.7 Å². The summed E-state index contributed by atoms with van der Waals surface area (Å²) in [6.45, 7) is 4.90. The Hall–Kier alpha value is -1.17. The lowest BCUT2D eigenvalue weighted by molar-refractivity contribution is 0.205. The first kappa shape index (κ1) is 16.2. The van der Waals surface area contributed by atoms with Crippen LogP contribution in [-0.2, 0) is 4.74 Å². The van der Waals surface area contributed by atoms with Crippen LogP contribution < -0.4 is 5.32 Å². The smallest absolute Gasteiger partial charge is 0.117 e. The minimum Gasteiger partial charge on any atom is -0.363 e. The molecule has 0 aliphatic carbocycles. The average molecular weight is 320 g/mol. The van der Waals surface area contributed by atoms with Crippen molar-refractivity contribution in [3.63, 3.8) is 0 Å². The van der Waals surface area contributed by atoms with Crippen molar-refractivity contribution in [2.45, 2.75) is 24.8 Å². The highest BCUT2D eigenvalue weighted by atomic mass is 33.1. The summed E-state index contributed by atoms with van der Waals surface area (Å²) in [6.07, 6.45) is 1.80. The maximum absolute atomic E-state index is 5.54. The Balaban J connectivity index is 1.59. The van der Waals surface area contributed by atoms with Gasteiger partial charge in [-0.3, -0.25) is 0 Å². The summed E-state index contributed by atoms with van der Waals surface area (Å²) in [5.74, 6) is 1.19. The van der Waals surface area contributed by atoms with Crippen molar-refractivity contribution in [2.75, 3.05) is 18.0 Å². The van der Waals surface area contributed by atoms with E-state index in [0.29, 0.717) is 18.6 Å². The van der Waals surface area contributed by atoms with Crippen molar-refractivity contribution in [3.05, 3.63) is 54.2 Å². The molecule has 1 N–H and O–H groups in total. The third kappa shape index (κ3) is 5.99. The van der Waals surface area contributed by atoms with E-state index in [1.54, 1.807) is 27.8 Å². The highest BCUT2D eigenvalue weighted by molar-refractivity contribution is 8.76. The van der Waals surface area contributed by atoms with Crippen LogP contribution in [0.4, 0.5) is 5.69 Å². The largest absolute Gasteiger partial charge is 0.363 e. The van der Waals surface area contributed by atoms with Crippen molar-refractivity contribution in [3.8, 4) is 0 Å². The zero-order chi connectivity index (χ0) is 14.9. The third-order valence-electron chi connectivity index (χ3n) is 2.87. The molecule has 0 atom stereocenters. The van der Waals surface area contributed by atoms with Gasteiger partial charge in [0, 0.05) is 11.9 Å². The van der Waals surface area contributed by atoms with Crippen molar-refractivity contribution in [1.29, 1.82) is 0 Å². The molecule has 1 aromatic heterocycles. The van der Waals surface area contributed by atoms with E-state index in [1.165, 1.54) is 5.56 Å². The van der Waals surface area contributed by atoms with E-state index in [-0.39, 0.29) is 0 Å². The van der Waals surface area contributed by atoms with Crippen molar-refractivity contribution in [1.82, 2.24) is 4.98 Å². The number of hydrogen-bond donors (Lipinski definition) is 1. The number of benzene rings is 1. The molecule has 0 aliphatic rings. The van der Waals surface area contributed by atoms with Crippen LogP contribution in [0.5, 0.6) is 0 Å². The Morgan fingerprint density at radius 1 is 1.14 bits per heavy atom. The van der Waals surface area contributed by atoms with Crippen LogP contribution in [0, 0.1) is 0 Å². The van der Waals surface area contributed by atoms with E-state index in [4.69, 9.17) is 4.74 Å². The standard InChI is InChI=1S/C16H20N2OS2/c1-13(2)14-6-8-15(9-7-14)18-11-19-12-20-21-16-5-3-4-10-17-16/h3-10,13,18H,11-12H2,1-2H3. The first-order valence-electron chi connectivity index (χ1n) is 6.88. The van der Waals surface area contributed by atoms with E-state index >= 15 is 0 Å². The number of rotatable bonds is 8. The van der Waals surface area contributed by atoms with Gasteiger partial charge in [0.2, 0.25) is 0 Å². The van der Waals surface area contributed by atoms with Gasteiger partial charge in [0.25, 0.3) is 0 Å². The molecule has 0 saturated heterocycles. The van der Waals surface area contributed by atoms with Gasteiger partial charge in [-0.1, -0.05) is 42.8 Å². The second-order valence-electron chi connectivity index (χ2n) is 4.79. The van der Waals surface area contributed by atoms with Crippen LogP contribution in [0.3, 0.4) is 0 Å². The lowest BCUT2D eigenvalue weighted by Crippen LogP contribution is -2.05. The molecule has 0 saturated carbocycles. The lowest BCUT2D eigenvalue weighted by Gasteiger charge is -2.09. The van der Waals surface area contributed by atoms with Gasteiger partial charge in [0.15, 0.2) is 0 Å². The molecule has 0 radical (unpaired) electrons. The summed E-state index contributed by atoms with van der Waals surface area (Å²) >= 11 is 0. The summed E-state index contributed by atoms with van der Waals surface area (Å²) in [6, 6.07) is 14.4. The molecule has 0 unspecified atom stereocenters. The summed E-state index contributed by atoms with van der Waals surface area (Å²) in [5, 5.41) is 4.25. The van der Waals surface area contributed by atoms with E-state index in [1.807, 2.05) is 18.2 Å². The maximum atomic E-state index is 5.54. The Morgan fingerprint density at radius 2 is 1.95 bits per heavy atom. The predicted octanol–water partition coefficient (Wildman–Crippen LogP) is 4.99. The SMILES string of the molecule is CC(C)c1ccc(NCOCSSc2ccccn2)cc1. The van der Waals surface area contributed by atoms with Gasteiger partial charge in [-0.2, -0.15) is 0 Å². The van der Waals surface area contributed by atoms with Crippen molar-refractivity contribution < 1.29 is 4.74 Å². The maximum Gasteiger partial charge on any atom is 0.117 e. The number of nitrogens with zero attached hydrogens (tertiary/aromatic N) is 1. The molecule has 0 bridgehead atoms. The Morgan fingerprint density at radius 3 is 2.62 bits per heavy atom. The van der Waals surface area contributed by atoms with Crippen molar-refractivity contribution >= 4 is 27.3 Å². The molecule has 21 heavy (non-hydrogen) atoms. The average Bonchev–Trinajstić information content (AvgIpc) is 2.52. The molecule has 3 nitrogen and oxygen atoms in total. The van der Waals surface area contributed by atoms with Gasteiger partial charge in [-0.25, -0.2) is 4.98 Å². The van der Waals surface area contributed by atoms with E-state index in [0.717, 1.165) is 10.7 Å². The Labute approximate surface area is 134 Å². The first-order chi connectivity index (χ1) is 10.3. The molecule has 0 spiro atoms. The minimum atomic E-state index is 0.511. The van der Waals surface area contributed by atoms with E-state index in [2.05, 4.69) is 48.4 Å². The second-order valence-corrected chi connectivity index (χ2v) is 7.05. The van der Waals surface area contributed by atoms with Crippen LogP contribution >= 0.6 is 21.6 Å². The number of hydrogen-bond acceptors (Lipinski definition) is 5. The highest BCUT2D eigenvalue weighted by Gasteiger charge is 1.99. The minimum absolute atomic E-state index is 0.511. The van der Waals surface area contributed by atoms with Crippen LogP contribution in [-0.4, -0.2) is 17.7 Å². The van der Waals surface area contributed by atoms with Gasteiger partial charge in [0.05, 0.1) is 0 Å². The molecule has 1 aromatic carbocycles. The zero-order valence-corrected chi connectivity index (χ0v) is 13.9. The van der Waals surface area contributed by atoms with Crippen molar-refractivity contribution in [2.24, 2.45) is 0 Å². The zero-order valence-electron chi connectivity index (χ0n) is 12.3. The van der Waals surface area contributed by atoms with Crippen LogP contribution in [0.2, 0.25) is 0 Å². The quantitative estimate of drug-likeness (QED) is 0.421. The highest BCUT2D eigenvalue weighted by Crippen LogP contribution is 2.28.